The summed E-state index contributed by atoms with van der Waals surface area (Å²) in [5, 5.41) is 6.83. The maximum absolute atomic E-state index is 12.2. The Morgan fingerprint density at radius 3 is 2.62 bits per heavy atom. The Morgan fingerprint density at radius 1 is 1.29 bits per heavy atom. The first-order valence-electron chi connectivity index (χ1n) is 7.66. The summed E-state index contributed by atoms with van der Waals surface area (Å²) in [6.07, 6.45) is 0.571. The van der Waals surface area contributed by atoms with Crippen LogP contribution in [0.4, 0.5) is 5.69 Å². The molecule has 0 aliphatic rings. The van der Waals surface area contributed by atoms with Gasteiger partial charge < -0.3 is 9.84 Å². The predicted molar refractivity (Wildman–Crippen MR) is 92.4 cm³/mol. The number of carbonyl (C=O) groups excluding carboxylic acids is 1. The van der Waals surface area contributed by atoms with Gasteiger partial charge in [0.25, 0.3) is 5.91 Å². The molecule has 6 nitrogen and oxygen atoms in total. The lowest BCUT2D eigenvalue weighted by Crippen LogP contribution is -2.11. The highest BCUT2D eigenvalue weighted by Crippen LogP contribution is 2.18. The molecule has 0 aliphatic heterocycles. The van der Waals surface area contributed by atoms with E-state index in [0.717, 1.165) is 16.9 Å². The van der Waals surface area contributed by atoms with Crippen LogP contribution < -0.4 is 5.32 Å². The van der Waals surface area contributed by atoms with Crippen LogP contribution in [-0.2, 0) is 6.42 Å². The van der Waals surface area contributed by atoms with Crippen LogP contribution in [0.15, 0.2) is 34.3 Å². The zero-order valence-corrected chi connectivity index (χ0v) is 14.6. The quantitative estimate of drug-likeness (QED) is 0.763. The number of anilines is 1. The largest absolute Gasteiger partial charge is 0.339 e. The summed E-state index contributed by atoms with van der Waals surface area (Å²) in [5.41, 5.74) is 4.20. The van der Waals surface area contributed by atoms with Crippen molar-refractivity contribution in [3.05, 3.63) is 57.6 Å². The second-order valence-corrected chi connectivity index (χ2v) is 6.65. The number of rotatable bonds is 5. The molecule has 124 valence electrons. The fourth-order valence-corrected chi connectivity index (χ4v) is 2.86. The summed E-state index contributed by atoms with van der Waals surface area (Å²) in [5.74, 6) is 1.42. The number of carbonyl (C=O) groups is 1. The lowest BCUT2D eigenvalue weighted by molar-refractivity contribution is 0.103. The molecule has 3 aromatic rings. The molecule has 0 saturated carbocycles. The second-order valence-electron chi connectivity index (χ2n) is 5.80. The first-order chi connectivity index (χ1) is 11.5. The number of benzene rings is 1. The average Bonchev–Trinajstić information content (AvgIpc) is 3.18. The molecule has 0 bridgehead atoms. The highest BCUT2D eigenvalue weighted by Gasteiger charge is 2.13. The number of hydrogen-bond donors (Lipinski definition) is 1. The number of hydrogen-bond acceptors (Lipinski definition) is 6. The number of thiazole rings is 1. The zero-order chi connectivity index (χ0) is 17.1. The molecule has 1 N–H and O–H groups in total. The standard InChI is InChI=1S/C17H18N4O2S/c1-10(2)16-20-14(23-21-16)8-12-4-6-13(7-5-12)19-17(22)15-11(3)18-9-24-15/h4-7,9-10H,8H2,1-3H3,(H,19,22). The van der Waals surface area contributed by atoms with E-state index < -0.39 is 0 Å². The summed E-state index contributed by atoms with van der Waals surface area (Å²) >= 11 is 1.34. The summed E-state index contributed by atoms with van der Waals surface area (Å²) in [6, 6.07) is 7.61. The van der Waals surface area contributed by atoms with Crippen LogP contribution in [0.2, 0.25) is 0 Å². The van der Waals surface area contributed by atoms with Gasteiger partial charge in [-0.3, -0.25) is 4.79 Å². The molecule has 0 spiro atoms. The van der Waals surface area contributed by atoms with Gasteiger partial charge in [0.1, 0.15) is 4.88 Å². The monoisotopic (exact) mass is 342 g/mol. The van der Waals surface area contributed by atoms with E-state index in [1.54, 1.807) is 5.51 Å². The minimum Gasteiger partial charge on any atom is -0.339 e. The molecule has 0 atom stereocenters. The molecule has 3 rings (SSSR count). The Hall–Kier alpha value is -2.54. The van der Waals surface area contributed by atoms with Crippen molar-refractivity contribution in [3.8, 4) is 0 Å². The van der Waals surface area contributed by atoms with Gasteiger partial charge in [-0.25, -0.2) is 4.98 Å². The van der Waals surface area contributed by atoms with Crippen LogP contribution in [0.25, 0.3) is 0 Å². The van der Waals surface area contributed by atoms with E-state index in [0.29, 0.717) is 23.0 Å². The number of amides is 1. The van der Waals surface area contributed by atoms with E-state index >= 15 is 0 Å². The Bertz CT molecular complexity index is 836. The van der Waals surface area contributed by atoms with Crippen molar-refractivity contribution in [2.75, 3.05) is 5.32 Å². The fraction of sp³-hybridized carbons (Fsp3) is 0.294. The first-order valence-corrected chi connectivity index (χ1v) is 8.53. The first kappa shape index (κ1) is 16.3. The van der Waals surface area contributed by atoms with Crippen molar-refractivity contribution in [1.29, 1.82) is 0 Å². The Kier molecular flexibility index (Phi) is 4.71. The van der Waals surface area contributed by atoms with Gasteiger partial charge in [-0.1, -0.05) is 31.1 Å². The molecule has 0 saturated heterocycles. The molecule has 0 unspecified atom stereocenters. The molecule has 7 heteroatoms. The number of aromatic nitrogens is 3. The van der Waals surface area contributed by atoms with Gasteiger partial charge in [0.15, 0.2) is 5.82 Å². The van der Waals surface area contributed by atoms with Crippen LogP contribution in [0.3, 0.4) is 0 Å². The number of nitrogens with one attached hydrogen (secondary N) is 1. The van der Waals surface area contributed by atoms with Gasteiger partial charge in [0.05, 0.1) is 17.6 Å². The highest BCUT2D eigenvalue weighted by molar-refractivity contribution is 7.12. The maximum atomic E-state index is 12.2. The molecule has 1 aromatic carbocycles. The average molecular weight is 342 g/mol. The van der Waals surface area contributed by atoms with Crippen LogP contribution in [-0.4, -0.2) is 21.0 Å². The lowest BCUT2D eigenvalue weighted by atomic mass is 10.1. The van der Waals surface area contributed by atoms with Crippen molar-refractivity contribution in [3.63, 3.8) is 0 Å². The van der Waals surface area contributed by atoms with Crippen LogP contribution >= 0.6 is 11.3 Å². The second kappa shape index (κ2) is 6.92. The normalized spacial score (nSPS) is 11.0. The van der Waals surface area contributed by atoms with Gasteiger partial charge in [0, 0.05) is 11.6 Å². The van der Waals surface area contributed by atoms with Gasteiger partial charge >= 0.3 is 0 Å². The van der Waals surface area contributed by atoms with Crippen molar-refractivity contribution in [2.45, 2.75) is 33.1 Å². The maximum Gasteiger partial charge on any atom is 0.267 e. The summed E-state index contributed by atoms with van der Waals surface area (Å²) in [7, 11) is 0. The van der Waals surface area contributed by atoms with Crippen LogP contribution in [0, 0.1) is 6.92 Å². The van der Waals surface area contributed by atoms with Crippen LogP contribution in [0.5, 0.6) is 0 Å². The SMILES string of the molecule is Cc1ncsc1C(=O)Nc1ccc(Cc2nc(C(C)C)no2)cc1. The van der Waals surface area contributed by atoms with E-state index in [9.17, 15) is 4.79 Å². The number of nitrogens with zero attached hydrogens (tertiary/aromatic N) is 3. The third kappa shape index (κ3) is 3.68. The van der Waals surface area contributed by atoms with Gasteiger partial charge in [-0.05, 0) is 24.6 Å². The van der Waals surface area contributed by atoms with Gasteiger partial charge in [0.2, 0.25) is 5.89 Å². The molecule has 24 heavy (non-hydrogen) atoms. The third-order valence-corrected chi connectivity index (χ3v) is 4.45. The van der Waals surface area contributed by atoms with Crippen molar-refractivity contribution in [2.24, 2.45) is 0 Å². The molecular weight excluding hydrogens is 324 g/mol. The molecular formula is C17H18N4O2S. The van der Waals surface area contributed by atoms with E-state index in [-0.39, 0.29) is 11.8 Å². The predicted octanol–water partition coefficient (Wildman–Crippen LogP) is 3.80. The number of aryl methyl sites for hydroxylation is 1. The molecule has 1 amide bonds. The lowest BCUT2D eigenvalue weighted by Gasteiger charge is -2.05. The molecule has 0 fully saturated rings. The van der Waals surface area contributed by atoms with Crippen molar-refractivity contribution < 1.29 is 9.32 Å². The van der Waals surface area contributed by atoms with E-state index in [1.807, 2.05) is 45.0 Å². The third-order valence-electron chi connectivity index (χ3n) is 3.52. The Morgan fingerprint density at radius 2 is 2.04 bits per heavy atom. The Labute approximate surface area is 143 Å². The molecule has 2 aromatic heterocycles. The molecule has 2 heterocycles. The van der Waals surface area contributed by atoms with Crippen molar-refractivity contribution in [1.82, 2.24) is 15.1 Å². The zero-order valence-electron chi connectivity index (χ0n) is 13.7. The van der Waals surface area contributed by atoms with Gasteiger partial charge in [-0.15, -0.1) is 11.3 Å². The smallest absolute Gasteiger partial charge is 0.267 e. The topological polar surface area (TPSA) is 80.9 Å². The minimum absolute atomic E-state index is 0.138. The summed E-state index contributed by atoms with van der Waals surface area (Å²) < 4.78 is 5.25. The van der Waals surface area contributed by atoms with Gasteiger partial charge in [-0.2, -0.15) is 4.98 Å². The van der Waals surface area contributed by atoms with E-state index in [1.165, 1.54) is 11.3 Å². The van der Waals surface area contributed by atoms with E-state index in [4.69, 9.17) is 4.52 Å². The van der Waals surface area contributed by atoms with Crippen molar-refractivity contribution >= 4 is 22.9 Å². The van der Waals surface area contributed by atoms with Crippen LogP contribution in [0.1, 0.15) is 52.4 Å². The highest BCUT2D eigenvalue weighted by atomic mass is 32.1. The summed E-state index contributed by atoms with van der Waals surface area (Å²) in [6.45, 7) is 5.87. The van der Waals surface area contributed by atoms with E-state index in [2.05, 4.69) is 20.4 Å². The molecule has 0 radical (unpaired) electrons. The molecule has 0 aliphatic carbocycles. The Balaban J connectivity index is 1.64. The summed E-state index contributed by atoms with van der Waals surface area (Å²) in [4.78, 5) is 21.3. The fourth-order valence-electron chi connectivity index (χ4n) is 2.16. The minimum atomic E-state index is -0.138.